The summed E-state index contributed by atoms with van der Waals surface area (Å²) >= 11 is 0. The molecule has 0 aliphatic carbocycles. The van der Waals surface area contributed by atoms with Gasteiger partial charge in [-0.2, -0.15) is 12.7 Å². The van der Waals surface area contributed by atoms with Crippen LogP contribution in [0.25, 0.3) is 0 Å². The molecular weight excluding hydrogens is 258 g/mol. The van der Waals surface area contributed by atoms with Crippen molar-refractivity contribution in [1.29, 1.82) is 0 Å². The second kappa shape index (κ2) is 4.91. The first-order chi connectivity index (χ1) is 8.15. The van der Waals surface area contributed by atoms with Crippen LogP contribution in [-0.2, 0) is 10.2 Å². The van der Waals surface area contributed by atoms with Crippen LogP contribution in [0.15, 0.2) is 12.1 Å². The Balaban J connectivity index is 3.27. The van der Waals surface area contributed by atoms with Crippen molar-refractivity contribution < 1.29 is 13.3 Å². The van der Waals surface area contributed by atoms with Gasteiger partial charge in [-0.15, -0.1) is 0 Å². The molecule has 0 saturated carbocycles. The zero-order valence-corrected chi connectivity index (χ0v) is 11.4. The summed E-state index contributed by atoms with van der Waals surface area (Å²) in [6.45, 7) is 3.29. The van der Waals surface area contributed by atoms with Crippen LogP contribution in [0, 0.1) is 24.0 Å². The minimum Gasteiger partial charge on any atom is -0.270 e. The Labute approximate surface area is 106 Å². The summed E-state index contributed by atoms with van der Waals surface area (Å²) in [5, 5.41) is 10.8. The number of nitro groups is 1. The lowest BCUT2D eigenvalue weighted by atomic mass is 10.1. The van der Waals surface area contributed by atoms with Crippen LogP contribution >= 0.6 is 0 Å². The number of benzene rings is 1. The number of nitrogens with one attached hydrogen (secondary N) is 1. The number of nitrogens with zero attached hydrogens (tertiary/aromatic N) is 2. The number of nitro benzene ring substituents is 1. The molecule has 0 spiro atoms. The molecule has 100 valence electrons. The third kappa shape index (κ3) is 2.96. The monoisotopic (exact) mass is 273 g/mol. The van der Waals surface area contributed by atoms with Crippen molar-refractivity contribution in [2.24, 2.45) is 0 Å². The highest BCUT2D eigenvalue weighted by molar-refractivity contribution is 7.90. The molecule has 0 radical (unpaired) electrons. The second-order valence-electron chi connectivity index (χ2n) is 4.10. The van der Waals surface area contributed by atoms with Crippen molar-refractivity contribution in [3.63, 3.8) is 0 Å². The van der Waals surface area contributed by atoms with E-state index in [1.54, 1.807) is 19.9 Å². The lowest BCUT2D eigenvalue weighted by Crippen LogP contribution is -2.29. The van der Waals surface area contributed by atoms with Gasteiger partial charge in [0.1, 0.15) is 0 Å². The zero-order valence-electron chi connectivity index (χ0n) is 10.6. The third-order valence-electron chi connectivity index (χ3n) is 2.46. The Morgan fingerprint density at radius 3 is 2.22 bits per heavy atom. The van der Waals surface area contributed by atoms with Gasteiger partial charge >= 0.3 is 10.2 Å². The van der Waals surface area contributed by atoms with E-state index in [2.05, 4.69) is 4.72 Å². The van der Waals surface area contributed by atoms with Crippen LogP contribution in [0.3, 0.4) is 0 Å². The lowest BCUT2D eigenvalue weighted by Gasteiger charge is -2.15. The average Bonchev–Trinajstić information content (AvgIpc) is 2.21. The molecule has 0 fully saturated rings. The molecule has 0 amide bonds. The first-order valence-corrected chi connectivity index (χ1v) is 6.55. The Morgan fingerprint density at radius 2 is 1.78 bits per heavy atom. The Bertz CT molecular complexity index is 581. The molecule has 7 nitrogen and oxygen atoms in total. The highest BCUT2D eigenvalue weighted by Gasteiger charge is 2.18. The normalized spacial score (nSPS) is 11.6. The molecular formula is C10H15N3O4S. The minimum absolute atomic E-state index is 0.114. The van der Waals surface area contributed by atoms with Crippen LogP contribution in [0.4, 0.5) is 11.4 Å². The summed E-state index contributed by atoms with van der Waals surface area (Å²) in [5.74, 6) is 0. The largest absolute Gasteiger partial charge is 0.301 e. The first kappa shape index (κ1) is 14.4. The van der Waals surface area contributed by atoms with Gasteiger partial charge < -0.3 is 0 Å². The van der Waals surface area contributed by atoms with Gasteiger partial charge in [-0.1, -0.05) is 0 Å². The van der Waals surface area contributed by atoms with Gasteiger partial charge in [0, 0.05) is 25.7 Å². The van der Waals surface area contributed by atoms with E-state index >= 15 is 0 Å². The Morgan fingerprint density at radius 1 is 1.22 bits per heavy atom. The molecule has 0 saturated heterocycles. The van der Waals surface area contributed by atoms with Crippen LogP contribution in [0.5, 0.6) is 0 Å². The zero-order chi connectivity index (χ0) is 14.1. The van der Waals surface area contributed by atoms with Gasteiger partial charge in [-0.05, 0) is 25.5 Å². The fourth-order valence-electron chi connectivity index (χ4n) is 1.38. The predicted molar refractivity (Wildman–Crippen MR) is 68.8 cm³/mol. The van der Waals surface area contributed by atoms with Crippen LogP contribution < -0.4 is 4.72 Å². The number of hydrogen-bond acceptors (Lipinski definition) is 4. The van der Waals surface area contributed by atoms with Crippen molar-refractivity contribution in [3.8, 4) is 0 Å². The maximum atomic E-state index is 11.7. The third-order valence-corrected chi connectivity index (χ3v) is 3.90. The van der Waals surface area contributed by atoms with Crippen molar-refractivity contribution in [2.45, 2.75) is 13.8 Å². The van der Waals surface area contributed by atoms with Gasteiger partial charge in [0.25, 0.3) is 5.69 Å². The molecule has 0 heterocycles. The van der Waals surface area contributed by atoms with Gasteiger partial charge in [-0.25, -0.2) is 0 Å². The fourth-order valence-corrected chi connectivity index (χ4v) is 2.06. The standard InChI is InChI=1S/C10H15N3O4S/c1-7-5-8(2)10(13(14)15)6-9(7)11-18(16,17)12(3)4/h5-6,11H,1-4H3. The summed E-state index contributed by atoms with van der Waals surface area (Å²) in [7, 11) is -0.918. The van der Waals surface area contributed by atoms with Crippen molar-refractivity contribution in [3.05, 3.63) is 33.4 Å². The van der Waals surface area contributed by atoms with Gasteiger partial charge in [0.2, 0.25) is 0 Å². The smallest absolute Gasteiger partial charge is 0.270 e. The number of anilines is 1. The molecule has 1 N–H and O–H groups in total. The first-order valence-electron chi connectivity index (χ1n) is 5.11. The summed E-state index contributed by atoms with van der Waals surface area (Å²) in [4.78, 5) is 10.3. The van der Waals surface area contributed by atoms with Crippen molar-refractivity contribution >= 4 is 21.6 Å². The predicted octanol–water partition coefficient (Wildman–Crippen LogP) is 1.43. The topological polar surface area (TPSA) is 92.5 Å². The number of rotatable bonds is 4. The summed E-state index contributed by atoms with van der Waals surface area (Å²) in [5.41, 5.74) is 1.21. The van der Waals surface area contributed by atoms with Gasteiger partial charge in [-0.3, -0.25) is 14.8 Å². The number of hydrogen-bond donors (Lipinski definition) is 1. The molecule has 0 bridgehead atoms. The molecule has 18 heavy (non-hydrogen) atoms. The molecule has 1 aromatic rings. The lowest BCUT2D eigenvalue weighted by molar-refractivity contribution is -0.385. The van der Waals surface area contributed by atoms with Crippen LogP contribution in [-0.4, -0.2) is 31.7 Å². The van der Waals surface area contributed by atoms with Gasteiger partial charge in [0.15, 0.2) is 0 Å². The summed E-state index contributed by atoms with van der Waals surface area (Å²) < 4.78 is 26.6. The van der Waals surface area contributed by atoms with E-state index in [9.17, 15) is 18.5 Å². The van der Waals surface area contributed by atoms with Crippen LogP contribution in [0.2, 0.25) is 0 Å². The summed E-state index contributed by atoms with van der Waals surface area (Å²) in [6, 6.07) is 2.80. The molecule has 0 aliphatic heterocycles. The molecule has 0 aromatic heterocycles. The van der Waals surface area contributed by atoms with Crippen molar-refractivity contribution in [1.82, 2.24) is 4.31 Å². The van der Waals surface area contributed by atoms with Crippen LogP contribution in [0.1, 0.15) is 11.1 Å². The fraction of sp³-hybridized carbons (Fsp3) is 0.400. The molecule has 0 atom stereocenters. The quantitative estimate of drug-likeness (QED) is 0.663. The van der Waals surface area contributed by atoms with Gasteiger partial charge in [0.05, 0.1) is 10.6 Å². The molecule has 0 unspecified atom stereocenters. The number of aryl methyl sites for hydroxylation is 2. The van der Waals surface area contributed by atoms with E-state index in [4.69, 9.17) is 0 Å². The summed E-state index contributed by atoms with van der Waals surface area (Å²) in [6.07, 6.45) is 0. The molecule has 1 rings (SSSR count). The Hall–Kier alpha value is -1.67. The second-order valence-corrected chi connectivity index (χ2v) is 5.98. The molecule has 1 aromatic carbocycles. The highest BCUT2D eigenvalue weighted by Crippen LogP contribution is 2.27. The van der Waals surface area contributed by atoms with E-state index < -0.39 is 15.1 Å². The maximum Gasteiger partial charge on any atom is 0.301 e. The van der Waals surface area contributed by atoms with E-state index in [-0.39, 0.29) is 11.4 Å². The minimum atomic E-state index is -3.67. The van der Waals surface area contributed by atoms with E-state index in [0.717, 1.165) is 4.31 Å². The SMILES string of the molecule is Cc1cc(C)c([N+](=O)[O-])cc1NS(=O)(=O)N(C)C. The molecule has 0 aliphatic rings. The maximum absolute atomic E-state index is 11.7. The Kier molecular flexibility index (Phi) is 3.92. The van der Waals surface area contributed by atoms with E-state index in [0.29, 0.717) is 11.1 Å². The average molecular weight is 273 g/mol. The highest BCUT2D eigenvalue weighted by atomic mass is 32.2. The van der Waals surface area contributed by atoms with Crippen molar-refractivity contribution in [2.75, 3.05) is 18.8 Å². The van der Waals surface area contributed by atoms with E-state index in [1.807, 2.05) is 0 Å². The van der Waals surface area contributed by atoms with E-state index in [1.165, 1.54) is 20.2 Å². The molecule has 8 heteroatoms.